The first kappa shape index (κ1) is 17.1. The van der Waals surface area contributed by atoms with Crippen LogP contribution in [0.25, 0.3) is 6.08 Å². The fraction of sp³-hybridized carbons (Fsp3) is 0.333. The van der Waals surface area contributed by atoms with E-state index in [0.717, 1.165) is 33.1 Å². The van der Waals surface area contributed by atoms with Gasteiger partial charge in [0.2, 0.25) is 0 Å². The predicted octanol–water partition coefficient (Wildman–Crippen LogP) is 3.62. The van der Waals surface area contributed by atoms with Crippen molar-refractivity contribution in [2.45, 2.75) is 20.3 Å². The van der Waals surface area contributed by atoms with Gasteiger partial charge in [0, 0.05) is 0 Å². The number of hydrogen-bond acceptors (Lipinski definition) is 5. The van der Waals surface area contributed by atoms with E-state index in [2.05, 4.69) is 34.8 Å². The van der Waals surface area contributed by atoms with Crippen LogP contribution in [0, 0.1) is 8.98 Å². The van der Waals surface area contributed by atoms with Crippen molar-refractivity contribution in [2.75, 3.05) is 13.2 Å². The molecule has 0 aromatic heterocycles. The van der Waals surface area contributed by atoms with Crippen LogP contribution in [0.5, 0.6) is 11.5 Å². The first-order chi connectivity index (χ1) is 10.5. The molecule has 5 nitrogen and oxygen atoms in total. The minimum absolute atomic E-state index is 0.152. The van der Waals surface area contributed by atoms with Crippen molar-refractivity contribution in [1.82, 2.24) is 5.32 Å². The van der Waals surface area contributed by atoms with Gasteiger partial charge in [0.25, 0.3) is 5.91 Å². The quantitative estimate of drug-likeness (QED) is 0.532. The number of benzene rings is 1. The van der Waals surface area contributed by atoms with Crippen LogP contribution in [-0.2, 0) is 4.79 Å². The maximum absolute atomic E-state index is 11.7. The first-order valence-corrected chi connectivity index (χ1v) is 8.83. The lowest BCUT2D eigenvalue weighted by atomic mass is 10.2. The number of amides is 1. The zero-order chi connectivity index (χ0) is 16.1. The molecule has 1 aliphatic rings. The lowest BCUT2D eigenvalue weighted by Crippen LogP contribution is -2.18. The summed E-state index contributed by atoms with van der Waals surface area (Å²) in [5, 5.41) is 10.1. The van der Waals surface area contributed by atoms with Gasteiger partial charge in [-0.25, -0.2) is 0 Å². The van der Waals surface area contributed by atoms with Gasteiger partial charge < -0.3 is 14.8 Å². The number of amidine groups is 1. The first-order valence-electron chi connectivity index (χ1n) is 6.93. The zero-order valence-corrected chi connectivity index (χ0v) is 15.3. The number of thioether (sulfide) groups is 1. The van der Waals surface area contributed by atoms with Gasteiger partial charge in [0.05, 0.1) is 21.7 Å². The molecule has 0 spiro atoms. The molecule has 1 aromatic carbocycles. The number of ether oxygens (including phenoxy) is 2. The molecule has 0 saturated carbocycles. The molecule has 22 heavy (non-hydrogen) atoms. The number of rotatable bonds is 6. The van der Waals surface area contributed by atoms with Gasteiger partial charge in [-0.3, -0.25) is 10.2 Å². The fourth-order valence-electron chi connectivity index (χ4n) is 1.87. The third-order valence-corrected chi connectivity index (χ3v) is 4.37. The van der Waals surface area contributed by atoms with Gasteiger partial charge in [-0.15, -0.1) is 0 Å². The number of carbonyl (C=O) groups is 1. The Morgan fingerprint density at radius 2 is 2.14 bits per heavy atom. The Kier molecular flexibility index (Phi) is 6.13. The molecule has 2 N–H and O–H groups in total. The average molecular weight is 432 g/mol. The summed E-state index contributed by atoms with van der Waals surface area (Å²) in [5.41, 5.74) is 0.851. The Labute approximate surface area is 147 Å². The summed E-state index contributed by atoms with van der Waals surface area (Å²) in [6.07, 6.45) is 2.68. The van der Waals surface area contributed by atoms with Gasteiger partial charge in [-0.2, -0.15) is 0 Å². The molecule has 2 rings (SSSR count). The second-order valence-electron chi connectivity index (χ2n) is 4.51. The van der Waals surface area contributed by atoms with Crippen molar-refractivity contribution in [3.63, 3.8) is 0 Å². The van der Waals surface area contributed by atoms with E-state index in [0.29, 0.717) is 23.9 Å². The van der Waals surface area contributed by atoms with E-state index in [4.69, 9.17) is 14.9 Å². The van der Waals surface area contributed by atoms with Gasteiger partial charge >= 0.3 is 0 Å². The van der Waals surface area contributed by atoms with Crippen molar-refractivity contribution < 1.29 is 14.3 Å². The molecular weight excluding hydrogens is 415 g/mol. The number of carbonyl (C=O) groups excluding carboxylic acids is 1. The minimum atomic E-state index is -0.241. The van der Waals surface area contributed by atoms with E-state index >= 15 is 0 Å². The monoisotopic (exact) mass is 432 g/mol. The molecule has 1 heterocycles. The third kappa shape index (κ3) is 4.16. The third-order valence-electron chi connectivity index (χ3n) is 2.74. The van der Waals surface area contributed by atoms with Crippen LogP contribution in [-0.4, -0.2) is 24.3 Å². The van der Waals surface area contributed by atoms with Gasteiger partial charge in [-0.1, -0.05) is 6.92 Å². The smallest absolute Gasteiger partial charge is 0.264 e. The van der Waals surface area contributed by atoms with Crippen molar-refractivity contribution in [2.24, 2.45) is 0 Å². The van der Waals surface area contributed by atoms with E-state index in [1.165, 1.54) is 0 Å². The van der Waals surface area contributed by atoms with Crippen LogP contribution in [0.3, 0.4) is 0 Å². The molecule has 1 aliphatic heterocycles. The normalized spacial score (nSPS) is 16.0. The number of nitrogens with one attached hydrogen (secondary N) is 2. The highest BCUT2D eigenvalue weighted by molar-refractivity contribution is 14.1. The summed E-state index contributed by atoms with van der Waals surface area (Å²) < 4.78 is 12.4. The average Bonchev–Trinajstić information content (AvgIpc) is 2.76. The Hall–Kier alpha value is -1.22. The van der Waals surface area contributed by atoms with E-state index in [1.54, 1.807) is 6.08 Å². The Bertz CT molecular complexity index is 631. The topological polar surface area (TPSA) is 71.4 Å². The molecule has 0 unspecified atom stereocenters. The molecule has 0 atom stereocenters. The maximum atomic E-state index is 11.7. The van der Waals surface area contributed by atoms with E-state index in [-0.39, 0.29) is 11.1 Å². The van der Waals surface area contributed by atoms with Crippen molar-refractivity contribution >= 4 is 51.5 Å². The molecule has 0 bridgehead atoms. The molecule has 1 aromatic rings. The minimum Gasteiger partial charge on any atom is -0.490 e. The molecule has 118 valence electrons. The van der Waals surface area contributed by atoms with Crippen LogP contribution in [0.4, 0.5) is 0 Å². The highest BCUT2D eigenvalue weighted by Crippen LogP contribution is 2.36. The lowest BCUT2D eigenvalue weighted by Gasteiger charge is -2.14. The molecule has 1 saturated heterocycles. The van der Waals surface area contributed by atoms with E-state index < -0.39 is 0 Å². The van der Waals surface area contributed by atoms with Crippen LogP contribution in [0.1, 0.15) is 25.8 Å². The summed E-state index contributed by atoms with van der Waals surface area (Å²) in [6.45, 7) is 5.14. The van der Waals surface area contributed by atoms with Gasteiger partial charge in [0.15, 0.2) is 16.7 Å². The molecular formula is C15H17IN2O3S. The Balaban J connectivity index is 2.35. The molecule has 7 heteroatoms. The summed E-state index contributed by atoms with van der Waals surface area (Å²) in [6, 6.07) is 3.80. The summed E-state index contributed by atoms with van der Waals surface area (Å²) in [7, 11) is 0. The van der Waals surface area contributed by atoms with Crippen molar-refractivity contribution in [3.05, 3.63) is 26.2 Å². The standard InChI is InChI=1S/C15H17IN2O3S/c1-3-5-21-13-10(16)6-9(7-11(13)20-4-2)8-12-14(19)18-15(17)22-12/h6-8H,3-5H2,1-2H3,(H2,17,18,19). The van der Waals surface area contributed by atoms with Crippen LogP contribution >= 0.6 is 34.4 Å². The molecule has 0 aliphatic carbocycles. The SMILES string of the molecule is CCCOc1c(I)cc(C=C2SC(=N)NC2=O)cc1OCC. The Morgan fingerprint density at radius 3 is 2.73 bits per heavy atom. The molecule has 0 radical (unpaired) electrons. The van der Waals surface area contributed by atoms with Gasteiger partial charge in [-0.05, 0) is 71.5 Å². The Morgan fingerprint density at radius 1 is 1.36 bits per heavy atom. The summed E-state index contributed by atoms with van der Waals surface area (Å²) >= 11 is 3.32. The van der Waals surface area contributed by atoms with Crippen LogP contribution < -0.4 is 14.8 Å². The molecule has 1 fully saturated rings. The van der Waals surface area contributed by atoms with E-state index in [1.807, 2.05) is 19.1 Å². The van der Waals surface area contributed by atoms with Crippen LogP contribution in [0.2, 0.25) is 0 Å². The van der Waals surface area contributed by atoms with Crippen molar-refractivity contribution in [1.29, 1.82) is 5.41 Å². The molecule has 1 amide bonds. The van der Waals surface area contributed by atoms with Gasteiger partial charge in [0.1, 0.15) is 0 Å². The lowest BCUT2D eigenvalue weighted by molar-refractivity contribution is -0.115. The van der Waals surface area contributed by atoms with E-state index in [9.17, 15) is 4.79 Å². The summed E-state index contributed by atoms with van der Waals surface area (Å²) in [4.78, 5) is 12.2. The largest absolute Gasteiger partial charge is 0.490 e. The maximum Gasteiger partial charge on any atom is 0.264 e. The number of halogens is 1. The van der Waals surface area contributed by atoms with Crippen molar-refractivity contribution in [3.8, 4) is 11.5 Å². The second kappa shape index (κ2) is 7.87. The fourth-order valence-corrected chi connectivity index (χ4v) is 3.35. The van der Waals surface area contributed by atoms with Crippen LogP contribution in [0.15, 0.2) is 17.0 Å². The second-order valence-corrected chi connectivity index (χ2v) is 6.72. The predicted molar refractivity (Wildman–Crippen MR) is 97.6 cm³/mol. The highest BCUT2D eigenvalue weighted by Gasteiger charge is 2.22. The zero-order valence-electron chi connectivity index (χ0n) is 12.4. The number of hydrogen-bond donors (Lipinski definition) is 2. The summed E-state index contributed by atoms with van der Waals surface area (Å²) in [5.74, 6) is 1.17. The highest BCUT2D eigenvalue weighted by atomic mass is 127.